The summed E-state index contributed by atoms with van der Waals surface area (Å²) in [6.07, 6.45) is 0. The molecule has 0 aliphatic heterocycles. The minimum absolute atomic E-state index is 0.0517. The minimum Gasteiger partial charge on any atom is -0.258 e. The molecule has 0 aliphatic rings. The van der Waals surface area contributed by atoms with Crippen molar-refractivity contribution in [2.24, 2.45) is 10.3 Å². The average molecular weight is 254 g/mol. The van der Waals surface area contributed by atoms with E-state index in [1.54, 1.807) is 12.1 Å². The number of hydrogen-bond donors (Lipinski definition) is 2. The average Bonchev–Trinajstić information content (AvgIpc) is 2.01. The van der Waals surface area contributed by atoms with Gasteiger partial charge in [0.25, 0.3) is 15.9 Å². The van der Waals surface area contributed by atoms with E-state index in [-0.39, 0.29) is 10.7 Å². The lowest BCUT2D eigenvalue weighted by molar-refractivity contribution is -0.384. The number of rotatable bonds is 1. The van der Waals surface area contributed by atoms with E-state index < -0.39 is 15.1 Å². The molecular formula is C6H8ClN3O4S. The summed E-state index contributed by atoms with van der Waals surface area (Å²) in [7, 11) is -3.67. The minimum atomic E-state index is -3.67. The lowest BCUT2D eigenvalue weighted by atomic mass is 10.3. The van der Waals surface area contributed by atoms with Gasteiger partial charge in [0.2, 0.25) is 0 Å². The fraction of sp³-hybridized carbons (Fsp3) is 0. The first kappa shape index (κ1) is 13.8. The van der Waals surface area contributed by atoms with Gasteiger partial charge in [0.1, 0.15) is 5.02 Å². The highest BCUT2D eigenvalue weighted by Crippen LogP contribution is 2.21. The van der Waals surface area contributed by atoms with Gasteiger partial charge in [-0.3, -0.25) is 10.1 Å². The van der Waals surface area contributed by atoms with Crippen molar-refractivity contribution in [1.29, 1.82) is 0 Å². The first-order valence-electron chi connectivity index (χ1n) is 3.41. The van der Waals surface area contributed by atoms with E-state index in [4.69, 9.17) is 11.6 Å². The largest absolute Gasteiger partial charge is 0.287 e. The molecule has 0 saturated heterocycles. The Labute approximate surface area is 91.0 Å². The summed E-state index contributed by atoms with van der Waals surface area (Å²) in [4.78, 5) is 9.63. The maximum atomic E-state index is 10.1. The Morgan fingerprint density at radius 1 is 1.27 bits per heavy atom. The van der Waals surface area contributed by atoms with Gasteiger partial charge < -0.3 is 0 Å². The Kier molecular flexibility index (Phi) is 5.15. The second kappa shape index (κ2) is 5.61. The van der Waals surface area contributed by atoms with Gasteiger partial charge in [-0.15, -0.1) is 0 Å². The molecule has 0 unspecified atom stereocenters. The van der Waals surface area contributed by atoms with Gasteiger partial charge in [0.05, 0.1) is 4.92 Å². The second-order valence-electron chi connectivity index (χ2n) is 2.30. The molecule has 0 fully saturated rings. The molecule has 9 heteroatoms. The van der Waals surface area contributed by atoms with E-state index in [2.05, 4.69) is 10.3 Å². The van der Waals surface area contributed by atoms with Crippen molar-refractivity contribution in [2.75, 3.05) is 0 Å². The molecule has 15 heavy (non-hydrogen) atoms. The van der Waals surface area contributed by atoms with Crippen LogP contribution in [0.4, 0.5) is 5.69 Å². The zero-order chi connectivity index (χ0) is 12.1. The fourth-order valence-corrected chi connectivity index (χ4v) is 0.805. The van der Waals surface area contributed by atoms with Crippen molar-refractivity contribution in [3.05, 3.63) is 39.4 Å². The number of nitro groups is 1. The van der Waals surface area contributed by atoms with Gasteiger partial charge in [-0.25, -0.2) is 10.3 Å². The molecule has 0 aromatic heterocycles. The second-order valence-corrected chi connectivity index (χ2v) is 3.88. The van der Waals surface area contributed by atoms with Crippen LogP contribution in [0.5, 0.6) is 0 Å². The third kappa shape index (κ3) is 7.82. The van der Waals surface area contributed by atoms with E-state index >= 15 is 0 Å². The van der Waals surface area contributed by atoms with E-state index in [0.29, 0.717) is 0 Å². The Balaban J connectivity index is 0.000000336. The van der Waals surface area contributed by atoms with Crippen LogP contribution in [0.2, 0.25) is 5.02 Å². The maximum absolute atomic E-state index is 10.1. The summed E-state index contributed by atoms with van der Waals surface area (Å²) in [6, 6.07) is 6.07. The lowest BCUT2D eigenvalue weighted by Crippen LogP contribution is -2.21. The van der Waals surface area contributed by atoms with Crippen LogP contribution in [0, 0.1) is 10.1 Å². The van der Waals surface area contributed by atoms with Crippen LogP contribution in [0.25, 0.3) is 0 Å². The molecule has 0 atom stereocenters. The van der Waals surface area contributed by atoms with Crippen molar-refractivity contribution in [3.8, 4) is 0 Å². The van der Waals surface area contributed by atoms with Crippen molar-refractivity contribution in [3.63, 3.8) is 0 Å². The number of para-hydroxylation sites is 1. The SMILES string of the molecule is NS(N)(=O)=O.O=[N+]([O-])c1ccccc1Cl. The molecule has 7 nitrogen and oxygen atoms in total. The highest BCUT2D eigenvalue weighted by molar-refractivity contribution is 7.86. The number of nitro benzene ring substituents is 1. The first-order valence-corrected chi connectivity index (χ1v) is 5.40. The van der Waals surface area contributed by atoms with E-state index in [1.807, 2.05) is 0 Å². The van der Waals surface area contributed by atoms with E-state index in [9.17, 15) is 18.5 Å². The van der Waals surface area contributed by atoms with Crippen molar-refractivity contribution in [1.82, 2.24) is 0 Å². The van der Waals surface area contributed by atoms with Crippen LogP contribution in [0.15, 0.2) is 24.3 Å². The van der Waals surface area contributed by atoms with Gasteiger partial charge in [-0.2, -0.15) is 8.42 Å². The predicted octanol–water partition coefficient (Wildman–Crippen LogP) is 0.397. The molecule has 0 aliphatic carbocycles. The molecule has 0 bridgehead atoms. The number of nitrogens with zero attached hydrogens (tertiary/aromatic N) is 1. The highest BCUT2D eigenvalue weighted by Gasteiger charge is 2.08. The summed E-state index contributed by atoms with van der Waals surface area (Å²) in [6.45, 7) is 0. The summed E-state index contributed by atoms with van der Waals surface area (Å²) in [5.74, 6) is 0. The molecule has 1 rings (SSSR count). The smallest absolute Gasteiger partial charge is 0.258 e. The zero-order valence-electron chi connectivity index (χ0n) is 7.33. The van der Waals surface area contributed by atoms with Crippen LogP contribution in [0.1, 0.15) is 0 Å². The zero-order valence-corrected chi connectivity index (χ0v) is 8.90. The molecular weight excluding hydrogens is 246 g/mol. The van der Waals surface area contributed by atoms with Gasteiger partial charge >= 0.3 is 0 Å². The number of hydrogen-bond acceptors (Lipinski definition) is 4. The summed E-state index contributed by atoms with van der Waals surface area (Å²) in [5, 5.41) is 18.5. The molecule has 1 aromatic rings. The van der Waals surface area contributed by atoms with Crippen LogP contribution >= 0.6 is 11.6 Å². The normalized spacial score (nSPS) is 10.1. The van der Waals surface area contributed by atoms with E-state index in [0.717, 1.165) is 0 Å². The summed E-state index contributed by atoms with van der Waals surface area (Å²) < 4.78 is 18.4. The first-order chi connectivity index (χ1) is 6.72. The third-order valence-electron chi connectivity index (χ3n) is 1.05. The molecule has 0 heterocycles. The summed E-state index contributed by atoms with van der Waals surface area (Å²) in [5.41, 5.74) is -0.0517. The Morgan fingerprint density at radius 2 is 1.67 bits per heavy atom. The molecule has 0 saturated carbocycles. The maximum Gasteiger partial charge on any atom is 0.287 e. The van der Waals surface area contributed by atoms with Crippen LogP contribution in [-0.2, 0) is 10.2 Å². The number of halogens is 1. The Hall–Kier alpha value is -1.22. The monoisotopic (exact) mass is 253 g/mol. The molecule has 4 N–H and O–H groups in total. The van der Waals surface area contributed by atoms with Gasteiger partial charge in [-0.1, -0.05) is 23.7 Å². The Bertz CT molecular complexity index is 439. The van der Waals surface area contributed by atoms with Gasteiger partial charge in [-0.05, 0) is 6.07 Å². The molecule has 0 amide bonds. The van der Waals surface area contributed by atoms with Crippen molar-refractivity contribution < 1.29 is 13.3 Å². The van der Waals surface area contributed by atoms with E-state index in [1.165, 1.54) is 12.1 Å². The van der Waals surface area contributed by atoms with Crippen molar-refractivity contribution >= 4 is 27.5 Å². The molecule has 0 radical (unpaired) electrons. The highest BCUT2D eigenvalue weighted by atomic mass is 35.5. The van der Waals surface area contributed by atoms with Crippen molar-refractivity contribution in [2.45, 2.75) is 0 Å². The Morgan fingerprint density at radius 3 is 1.93 bits per heavy atom. The van der Waals surface area contributed by atoms with Gasteiger partial charge in [0, 0.05) is 6.07 Å². The molecule has 1 aromatic carbocycles. The summed E-state index contributed by atoms with van der Waals surface area (Å²) >= 11 is 5.48. The standard InChI is InChI=1S/C6H4ClNO2.H4N2O2S/c7-5-3-1-2-4-6(5)8(9)10;1-5(2,3)4/h1-4H;(H4,1,2,3,4). The number of benzene rings is 1. The molecule has 0 spiro atoms. The predicted molar refractivity (Wildman–Crippen MR) is 55.4 cm³/mol. The third-order valence-corrected chi connectivity index (χ3v) is 1.37. The number of nitrogens with two attached hydrogens (primary N) is 2. The van der Waals surface area contributed by atoms with Gasteiger partial charge in [0.15, 0.2) is 0 Å². The van der Waals surface area contributed by atoms with Crippen LogP contribution < -0.4 is 10.3 Å². The van der Waals surface area contributed by atoms with Crippen LogP contribution in [0.3, 0.4) is 0 Å². The molecule has 84 valence electrons. The van der Waals surface area contributed by atoms with Crippen LogP contribution in [-0.4, -0.2) is 13.3 Å². The quantitative estimate of drug-likeness (QED) is 0.554. The topological polar surface area (TPSA) is 129 Å². The fourth-order valence-electron chi connectivity index (χ4n) is 0.600. The lowest BCUT2D eigenvalue weighted by Gasteiger charge is -1.90.